The minimum absolute atomic E-state index is 0.145. The van der Waals surface area contributed by atoms with Crippen LogP contribution in [0.15, 0.2) is 24.4 Å². The molecule has 22 heavy (non-hydrogen) atoms. The van der Waals surface area contributed by atoms with E-state index < -0.39 is 17.5 Å². The van der Waals surface area contributed by atoms with E-state index in [0.717, 1.165) is 6.42 Å². The Morgan fingerprint density at radius 1 is 1.41 bits per heavy atom. The zero-order chi connectivity index (χ0) is 15.9. The van der Waals surface area contributed by atoms with Crippen LogP contribution in [0.4, 0.5) is 13.2 Å². The number of rotatable bonds is 3. The number of benzene rings is 1. The van der Waals surface area contributed by atoms with Crippen LogP contribution in [-0.4, -0.2) is 29.7 Å². The molecule has 0 saturated carbocycles. The minimum Gasteiger partial charge on any atom is -0.381 e. The molecule has 3 nitrogen and oxygen atoms in total. The third-order valence-electron chi connectivity index (χ3n) is 3.84. The molecule has 1 unspecified atom stereocenters. The van der Waals surface area contributed by atoms with E-state index in [-0.39, 0.29) is 16.3 Å². The van der Waals surface area contributed by atoms with E-state index in [1.807, 2.05) is 0 Å². The summed E-state index contributed by atoms with van der Waals surface area (Å²) in [7, 11) is 0. The number of alkyl halides is 3. The van der Waals surface area contributed by atoms with Crippen molar-refractivity contribution in [3.05, 3.63) is 35.0 Å². The van der Waals surface area contributed by atoms with Gasteiger partial charge in [0.15, 0.2) is 0 Å². The quantitative estimate of drug-likeness (QED) is 0.794. The van der Waals surface area contributed by atoms with Gasteiger partial charge >= 0.3 is 6.18 Å². The lowest BCUT2D eigenvalue weighted by Crippen LogP contribution is -2.22. The molecule has 0 radical (unpaired) electrons. The minimum atomic E-state index is -4.92. The van der Waals surface area contributed by atoms with Crippen molar-refractivity contribution >= 4 is 28.3 Å². The molecular weight excluding hydrogens is 319 g/mol. The molecular formula is C15H13ClF3NO2. The molecule has 1 aromatic heterocycles. The number of hydrogen-bond acceptors (Lipinski definition) is 2. The zero-order valence-electron chi connectivity index (χ0n) is 11.5. The summed E-state index contributed by atoms with van der Waals surface area (Å²) in [6.07, 6.45) is -2.82. The third kappa shape index (κ3) is 2.73. The normalized spacial score (nSPS) is 19.0. The summed E-state index contributed by atoms with van der Waals surface area (Å²) in [4.78, 5) is 11.7. The highest BCUT2D eigenvalue weighted by Crippen LogP contribution is 2.33. The molecule has 2 heterocycles. The van der Waals surface area contributed by atoms with Gasteiger partial charge in [-0.3, -0.25) is 4.79 Å². The van der Waals surface area contributed by atoms with Crippen LogP contribution in [0.25, 0.3) is 10.9 Å². The van der Waals surface area contributed by atoms with Gasteiger partial charge in [-0.15, -0.1) is 0 Å². The van der Waals surface area contributed by atoms with Gasteiger partial charge in [0.05, 0.1) is 22.7 Å². The molecule has 1 atom stereocenters. The molecule has 1 fully saturated rings. The maximum absolute atomic E-state index is 12.8. The van der Waals surface area contributed by atoms with Crippen LogP contribution < -0.4 is 0 Å². The largest absolute Gasteiger partial charge is 0.454 e. The van der Waals surface area contributed by atoms with Gasteiger partial charge in [0.2, 0.25) is 0 Å². The van der Waals surface area contributed by atoms with Crippen molar-refractivity contribution < 1.29 is 22.7 Å². The molecule has 1 saturated heterocycles. The Morgan fingerprint density at radius 3 is 2.82 bits per heavy atom. The first kappa shape index (κ1) is 15.4. The van der Waals surface area contributed by atoms with E-state index in [0.29, 0.717) is 25.3 Å². The maximum atomic E-state index is 12.8. The molecule has 1 aliphatic heterocycles. The summed E-state index contributed by atoms with van der Waals surface area (Å²) in [6.45, 7) is 1.73. The lowest BCUT2D eigenvalue weighted by molar-refractivity contribution is -0.0884. The van der Waals surface area contributed by atoms with Crippen LogP contribution in [0.3, 0.4) is 0 Å². The van der Waals surface area contributed by atoms with Crippen molar-refractivity contribution in [2.24, 2.45) is 5.92 Å². The molecule has 2 aromatic rings. The monoisotopic (exact) mass is 331 g/mol. The number of fused-ring (bicyclic) bond motifs is 1. The van der Waals surface area contributed by atoms with Crippen molar-refractivity contribution in [1.29, 1.82) is 0 Å². The Balaban J connectivity index is 2.10. The highest BCUT2D eigenvalue weighted by molar-refractivity contribution is 6.37. The highest BCUT2D eigenvalue weighted by Gasteiger charge is 2.41. The summed E-state index contributed by atoms with van der Waals surface area (Å²) >= 11 is 6.03. The fourth-order valence-corrected chi connectivity index (χ4v) is 3.06. The predicted molar refractivity (Wildman–Crippen MR) is 76.3 cm³/mol. The van der Waals surface area contributed by atoms with Crippen molar-refractivity contribution in [1.82, 2.24) is 4.57 Å². The average Bonchev–Trinajstić information content (AvgIpc) is 3.06. The summed E-state index contributed by atoms with van der Waals surface area (Å²) < 4.78 is 45.3. The molecule has 0 spiro atoms. The second-order valence-electron chi connectivity index (χ2n) is 5.39. The number of hydrogen-bond donors (Lipinski definition) is 0. The van der Waals surface area contributed by atoms with Crippen LogP contribution in [0.1, 0.15) is 16.8 Å². The first-order valence-corrected chi connectivity index (χ1v) is 7.22. The third-order valence-corrected chi connectivity index (χ3v) is 4.15. The second-order valence-corrected chi connectivity index (χ2v) is 5.79. The Morgan fingerprint density at radius 2 is 2.18 bits per heavy atom. The predicted octanol–water partition coefficient (Wildman–Crippen LogP) is 4.08. The first-order valence-electron chi connectivity index (χ1n) is 6.84. The topological polar surface area (TPSA) is 31.2 Å². The zero-order valence-corrected chi connectivity index (χ0v) is 12.2. The van der Waals surface area contributed by atoms with Gasteiger partial charge in [-0.2, -0.15) is 13.2 Å². The summed E-state index contributed by atoms with van der Waals surface area (Å²) in [5.74, 6) is -1.64. The van der Waals surface area contributed by atoms with E-state index in [9.17, 15) is 18.0 Å². The molecule has 0 amide bonds. The van der Waals surface area contributed by atoms with Gasteiger partial charge < -0.3 is 9.30 Å². The van der Waals surface area contributed by atoms with E-state index in [1.165, 1.54) is 12.3 Å². The van der Waals surface area contributed by atoms with E-state index in [4.69, 9.17) is 16.3 Å². The van der Waals surface area contributed by atoms with Gasteiger partial charge in [0, 0.05) is 30.7 Å². The van der Waals surface area contributed by atoms with Crippen LogP contribution >= 0.6 is 11.6 Å². The number of nitrogens with zero attached hydrogens (tertiary/aromatic N) is 1. The molecule has 1 aromatic carbocycles. The number of aromatic nitrogens is 1. The summed E-state index contributed by atoms with van der Waals surface area (Å²) in [5.41, 5.74) is 0.138. The van der Waals surface area contributed by atoms with Gasteiger partial charge in [0.25, 0.3) is 5.78 Å². The van der Waals surface area contributed by atoms with E-state index >= 15 is 0 Å². The van der Waals surface area contributed by atoms with Crippen LogP contribution in [0.2, 0.25) is 5.02 Å². The second kappa shape index (κ2) is 5.59. The number of ether oxygens (including phenoxy) is 1. The average molecular weight is 332 g/mol. The smallest absolute Gasteiger partial charge is 0.381 e. The van der Waals surface area contributed by atoms with Crippen molar-refractivity contribution in [3.8, 4) is 0 Å². The number of Topliss-reactive ketones (excluding diaryl/α,β-unsaturated/α-hetero) is 1. The van der Waals surface area contributed by atoms with Crippen molar-refractivity contribution in [2.75, 3.05) is 13.2 Å². The van der Waals surface area contributed by atoms with E-state index in [2.05, 4.69) is 0 Å². The van der Waals surface area contributed by atoms with Crippen LogP contribution in [0, 0.1) is 5.92 Å². The van der Waals surface area contributed by atoms with Gasteiger partial charge in [-0.05, 0) is 18.6 Å². The maximum Gasteiger partial charge on any atom is 0.454 e. The Kier molecular flexibility index (Phi) is 3.91. The van der Waals surface area contributed by atoms with Gasteiger partial charge in [-0.1, -0.05) is 17.7 Å². The summed E-state index contributed by atoms with van der Waals surface area (Å²) in [5, 5.41) is 0.303. The highest BCUT2D eigenvalue weighted by atomic mass is 35.5. The summed E-state index contributed by atoms with van der Waals surface area (Å²) in [6, 6.07) is 4.82. The first-order chi connectivity index (χ1) is 10.4. The standard InChI is InChI=1S/C15H13ClF3NO2/c16-11-2-1-3-12-13(11)10(14(21)15(17,18)19)7-20(12)6-9-4-5-22-8-9/h1-3,7,9H,4-6,8H2. The molecule has 0 N–H and O–H groups in total. The Hall–Kier alpha value is -1.53. The van der Waals surface area contributed by atoms with Crippen molar-refractivity contribution in [3.63, 3.8) is 0 Å². The van der Waals surface area contributed by atoms with Crippen LogP contribution in [0.5, 0.6) is 0 Å². The molecule has 0 aliphatic carbocycles. The molecule has 118 valence electrons. The lowest BCUT2D eigenvalue weighted by Gasteiger charge is -2.10. The lowest BCUT2D eigenvalue weighted by atomic mass is 10.1. The SMILES string of the molecule is O=C(c1cn(CC2CCOC2)c2cccc(Cl)c12)C(F)(F)F. The number of carbonyl (C=O) groups excluding carboxylic acids is 1. The van der Waals surface area contributed by atoms with Crippen molar-refractivity contribution in [2.45, 2.75) is 19.1 Å². The van der Waals surface area contributed by atoms with Gasteiger partial charge in [0.1, 0.15) is 0 Å². The van der Waals surface area contributed by atoms with Crippen LogP contribution in [-0.2, 0) is 11.3 Å². The van der Waals surface area contributed by atoms with Gasteiger partial charge in [-0.25, -0.2) is 0 Å². The molecule has 7 heteroatoms. The molecule has 1 aliphatic rings. The number of ketones is 1. The number of halogens is 4. The molecule has 0 bridgehead atoms. The Labute approximate surface area is 129 Å². The number of carbonyl (C=O) groups is 1. The Bertz CT molecular complexity index is 717. The fraction of sp³-hybridized carbons (Fsp3) is 0.400. The fourth-order valence-electron chi connectivity index (χ4n) is 2.79. The molecule has 3 rings (SSSR count). The van der Waals surface area contributed by atoms with E-state index in [1.54, 1.807) is 16.7 Å².